The molecule has 0 atom stereocenters. The van der Waals surface area contributed by atoms with Crippen LogP contribution in [0.2, 0.25) is 0 Å². The number of piperazine rings is 1. The summed E-state index contributed by atoms with van der Waals surface area (Å²) in [6.07, 6.45) is 0.445. The van der Waals surface area contributed by atoms with Gasteiger partial charge in [0, 0.05) is 31.1 Å². The minimum atomic E-state index is -0.0968. The first kappa shape index (κ1) is 21.6. The molecule has 3 heterocycles. The van der Waals surface area contributed by atoms with E-state index in [0.717, 1.165) is 39.5 Å². The van der Waals surface area contributed by atoms with Crippen LogP contribution in [-0.4, -0.2) is 51.9 Å². The number of nitrogens with one attached hydrogen (secondary N) is 1. The summed E-state index contributed by atoms with van der Waals surface area (Å²) >= 11 is 1.54. The first-order valence-electron chi connectivity index (χ1n) is 11.2. The molecular weight excluding hydrogens is 432 g/mol. The molecular formula is C26H26N4O2S. The van der Waals surface area contributed by atoms with Crippen molar-refractivity contribution in [3.05, 3.63) is 88.0 Å². The molecule has 1 amide bonds. The molecule has 1 fully saturated rings. The van der Waals surface area contributed by atoms with Gasteiger partial charge >= 0.3 is 0 Å². The maximum atomic E-state index is 12.7. The normalized spacial score (nSPS) is 14.6. The van der Waals surface area contributed by atoms with Gasteiger partial charge in [-0.2, -0.15) is 0 Å². The van der Waals surface area contributed by atoms with Crippen LogP contribution in [0.5, 0.6) is 0 Å². The van der Waals surface area contributed by atoms with Crippen LogP contribution in [0.4, 0.5) is 0 Å². The minimum absolute atomic E-state index is 0.0968. The van der Waals surface area contributed by atoms with E-state index in [1.165, 1.54) is 0 Å². The van der Waals surface area contributed by atoms with Crippen molar-refractivity contribution >= 4 is 27.5 Å². The van der Waals surface area contributed by atoms with Crippen molar-refractivity contribution < 1.29 is 4.79 Å². The number of aromatic nitrogens is 2. The summed E-state index contributed by atoms with van der Waals surface area (Å²) in [5, 5.41) is 0.634. The summed E-state index contributed by atoms with van der Waals surface area (Å²) in [6, 6.07) is 20.0. The van der Waals surface area contributed by atoms with Crippen LogP contribution in [0.3, 0.4) is 0 Å². The van der Waals surface area contributed by atoms with Crippen molar-refractivity contribution in [2.45, 2.75) is 19.9 Å². The fraction of sp³-hybridized carbons (Fsp3) is 0.269. The van der Waals surface area contributed by atoms with Crippen molar-refractivity contribution in [1.29, 1.82) is 0 Å². The molecule has 2 aromatic carbocycles. The van der Waals surface area contributed by atoms with Gasteiger partial charge in [0.2, 0.25) is 5.91 Å². The van der Waals surface area contributed by atoms with Crippen molar-refractivity contribution in [3.63, 3.8) is 0 Å². The molecule has 0 unspecified atom stereocenters. The van der Waals surface area contributed by atoms with Crippen LogP contribution in [0.15, 0.2) is 65.5 Å². The number of rotatable bonds is 5. The predicted molar refractivity (Wildman–Crippen MR) is 132 cm³/mol. The van der Waals surface area contributed by atoms with Gasteiger partial charge < -0.3 is 9.88 Å². The Morgan fingerprint density at radius 3 is 2.52 bits per heavy atom. The van der Waals surface area contributed by atoms with Gasteiger partial charge in [-0.1, -0.05) is 54.6 Å². The lowest BCUT2D eigenvalue weighted by Crippen LogP contribution is -2.49. The van der Waals surface area contributed by atoms with Gasteiger partial charge in [-0.25, -0.2) is 4.98 Å². The molecule has 1 saturated heterocycles. The number of aryl methyl sites for hydroxylation is 1. The van der Waals surface area contributed by atoms with Crippen molar-refractivity contribution in [2.24, 2.45) is 0 Å². The summed E-state index contributed by atoms with van der Waals surface area (Å²) in [5.41, 5.74) is 3.23. The molecule has 0 spiro atoms. The quantitative estimate of drug-likeness (QED) is 0.493. The standard InChI is InChI=1S/C26H26N4O2S/c1-18-7-5-6-10-20(18)15-24(31)30-13-11-29(12-14-30)17-23-27-25(32)21-16-22(33-26(21)28-23)19-8-3-2-4-9-19/h2-10,16H,11-15,17H2,1H3,(H,27,28,32). The molecule has 0 radical (unpaired) electrons. The van der Waals surface area contributed by atoms with Gasteiger partial charge in [0.15, 0.2) is 0 Å². The number of amides is 1. The number of carbonyl (C=O) groups is 1. The Morgan fingerprint density at radius 1 is 1.03 bits per heavy atom. The Morgan fingerprint density at radius 2 is 1.76 bits per heavy atom. The minimum Gasteiger partial charge on any atom is -0.340 e. The molecule has 0 saturated carbocycles. The lowest BCUT2D eigenvalue weighted by molar-refractivity contribution is -0.132. The Bertz CT molecular complexity index is 1340. The summed E-state index contributed by atoms with van der Waals surface area (Å²) in [5.74, 6) is 0.845. The average Bonchev–Trinajstić information content (AvgIpc) is 3.26. The predicted octanol–water partition coefficient (Wildman–Crippen LogP) is 3.85. The van der Waals surface area contributed by atoms with E-state index in [-0.39, 0.29) is 11.5 Å². The topological polar surface area (TPSA) is 69.3 Å². The van der Waals surface area contributed by atoms with Crippen LogP contribution >= 0.6 is 11.3 Å². The number of hydrogen-bond acceptors (Lipinski definition) is 5. The zero-order valence-corrected chi connectivity index (χ0v) is 19.4. The SMILES string of the molecule is Cc1ccccc1CC(=O)N1CCN(Cc2nc3sc(-c4ccccc4)cc3c(=O)[nH]2)CC1. The van der Waals surface area contributed by atoms with Gasteiger partial charge in [-0.05, 0) is 29.7 Å². The lowest BCUT2D eigenvalue weighted by atomic mass is 10.1. The molecule has 7 heteroatoms. The van der Waals surface area contributed by atoms with Gasteiger partial charge in [0.05, 0.1) is 18.4 Å². The van der Waals surface area contributed by atoms with E-state index in [1.54, 1.807) is 11.3 Å². The number of nitrogens with zero attached hydrogens (tertiary/aromatic N) is 3. The van der Waals surface area contributed by atoms with Crippen LogP contribution < -0.4 is 5.56 Å². The molecule has 0 bridgehead atoms. The Balaban J connectivity index is 1.23. The average molecular weight is 459 g/mol. The van der Waals surface area contributed by atoms with E-state index in [0.29, 0.717) is 37.3 Å². The van der Waals surface area contributed by atoms with Crippen molar-refractivity contribution in [2.75, 3.05) is 26.2 Å². The second kappa shape index (κ2) is 9.29. The molecule has 0 aliphatic carbocycles. The van der Waals surface area contributed by atoms with E-state index in [4.69, 9.17) is 4.98 Å². The number of carbonyl (C=O) groups excluding carboxylic acids is 1. The van der Waals surface area contributed by atoms with Crippen LogP contribution in [0.25, 0.3) is 20.7 Å². The second-order valence-corrected chi connectivity index (χ2v) is 9.50. The number of fused-ring (bicyclic) bond motifs is 1. The maximum absolute atomic E-state index is 12.7. The highest BCUT2D eigenvalue weighted by atomic mass is 32.1. The number of H-pyrrole nitrogens is 1. The van der Waals surface area contributed by atoms with Gasteiger partial charge in [-0.3, -0.25) is 14.5 Å². The largest absolute Gasteiger partial charge is 0.340 e. The summed E-state index contributed by atoms with van der Waals surface area (Å²) in [7, 11) is 0. The fourth-order valence-electron chi connectivity index (χ4n) is 4.25. The second-order valence-electron chi connectivity index (χ2n) is 8.47. The molecule has 1 aliphatic heterocycles. The Labute approximate surface area is 196 Å². The third-order valence-electron chi connectivity index (χ3n) is 6.21. The molecule has 5 rings (SSSR count). The zero-order valence-electron chi connectivity index (χ0n) is 18.6. The highest BCUT2D eigenvalue weighted by Crippen LogP contribution is 2.30. The van der Waals surface area contributed by atoms with E-state index in [1.807, 2.05) is 72.5 Å². The van der Waals surface area contributed by atoms with E-state index < -0.39 is 0 Å². The molecule has 1 N–H and O–H groups in total. The molecule has 168 valence electrons. The summed E-state index contributed by atoms with van der Waals surface area (Å²) < 4.78 is 0. The molecule has 33 heavy (non-hydrogen) atoms. The van der Waals surface area contributed by atoms with E-state index in [2.05, 4.69) is 9.88 Å². The lowest BCUT2D eigenvalue weighted by Gasteiger charge is -2.34. The van der Waals surface area contributed by atoms with Gasteiger partial charge in [0.25, 0.3) is 5.56 Å². The number of aromatic amines is 1. The molecule has 4 aromatic rings. The number of hydrogen-bond donors (Lipinski definition) is 1. The third kappa shape index (κ3) is 4.74. The van der Waals surface area contributed by atoms with Crippen molar-refractivity contribution in [1.82, 2.24) is 19.8 Å². The number of benzene rings is 2. The zero-order chi connectivity index (χ0) is 22.8. The molecule has 6 nitrogen and oxygen atoms in total. The Hall–Kier alpha value is -3.29. The highest BCUT2D eigenvalue weighted by molar-refractivity contribution is 7.21. The van der Waals surface area contributed by atoms with Gasteiger partial charge in [-0.15, -0.1) is 11.3 Å². The third-order valence-corrected chi connectivity index (χ3v) is 7.29. The van der Waals surface area contributed by atoms with Crippen molar-refractivity contribution in [3.8, 4) is 10.4 Å². The van der Waals surface area contributed by atoms with Gasteiger partial charge in [0.1, 0.15) is 10.7 Å². The first-order chi connectivity index (χ1) is 16.1. The summed E-state index contributed by atoms with van der Waals surface area (Å²) in [4.78, 5) is 39.1. The Kier molecular flexibility index (Phi) is 6.07. The fourth-order valence-corrected chi connectivity index (χ4v) is 5.30. The monoisotopic (exact) mass is 458 g/mol. The van der Waals surface area contributed by atoms with E-state index in [9.17, 15) is 9.59 Å². The van der Waals surface area contributed by atoms with Crippen LogP contribution in [0.1, 0.15) is 17.0 Å². The smallest absolute Gasteiger partial charge is 0.259 e. The number of thiophene rings is 1. The molecule has 2 aromatic heterocycles. The molecule has 1 aliphatic rings. The van der Waals surface area contributed by atoms with E-state index >= 15 is 0 Å². The maximum Gasteiger partial charge on any atom is 0.259 e. The highest BCUT2D eigenvalue weighted by Gasteiger charge is 2.22. The van der Waals surface area contributed by atoms with Crippen LogP contribution in [0, 0.1) is 6.92 Å². The summed E-state index contributed by atoms with van der Waals surface area (Å²) in [6.45, 7) is 5.52. The first-order valence-corrected chi connectivity index (χ1v) is 12.0. The van der Waals surface area contributed by atoms with Crippen LogP contribution in [-0.2, 0) is 17.8 Å².